The first kappa shape index (κ1) is 10.6. The first-order chi connectivity index (χ1) is 7.78. The fourth-order valence-corrected chi connectivity index (χ4v) is 1.13. The lowest BCUT2D eigenvalue weighted by Gasteiger charge is -2.03. The van der Waals surface area contributed by atoms with E-state index in [1.165, 1.54) is 13.3 Å². The van der Waals surface area contributed by atoms with E-state index < -0.39 is 0 Å². The number of aromatic nitrogens is 3. The second kappa shape index (κ2) is 4.76. The Labute approximate surface area is 97.0 Å². The molecule has 2 aromatic rings. The summed E-state index contributed by atoms with van der Waals surface area (Å²) in [7, 11) is 1.52. The Bertz CT molecular complexity index is 476. The van der Waals surface area contributed by atoms with Crippen LogP contribution in [0.4, 0.5) is 0 Å². The van der Waals surface area contributed by atoms with Crippen molar-refractivity contribution in [2.45, 2.75) is 0 Å². The molecule has 0 atom stereocenters. The van der Waals surface area contributed by atoms with Crippen LogP contribution < -0.4 is 9.47 Å². The molecular formula is C10H8ClN3O2. The number of rotatable bonds is 3. The normalized spacial score (nSPS) is 9.88. The maximum absolute atomic E-state index is 5.64. The molecule has 82 valence electrons. The minimum Gasteiger partial charge on any atom is -0.481 e. The number of methoxy groups -OCH3 is 1. The minimum absolute atomic E-state index is 0.198. The molecular weight excluding hydrogens is 230 g/mol. The highest BCUT2D eigenvalue weighted by Crippen LogP contribution is 2.19. The first-order valence-corrected chi connectivity index (χ1v) is 4.82. The summed E-state index contributed by atoms with van der Waals surface area (Å²) in [4.78, 5) is 11.8. The van der Waals surface area contributed by atoms with Crippen molar-refractivity contribution < 1.29 is 9.47 Å². The van der Waals surface area contributed by atoms with Crippen LogP contribution in [0, 0.1) is 0 Å². The van der Waals surface area contributed by atoms with Gasteiger partial charge >= 0.3 is 6.01 Å². The largest absolute Gasteiger partial charge is 0.481 e. The molecule has 0 aliphatic rings. The molecule has 0 aliphatic carbocycles. The number of hydrogen-bond donors (Lipinski definition) is 0. The van der Waals surface area contributed by atoms with Gasteiger partial charge in [-0.25, -0.2) is 9.97 Å². The van der Waals surface area contributed by atoms with Gasteiger partial charge in [-0.15, -0.1) is 0 Å². The van der Waals surface area contributed by atoms with Crippen LogP contribution in [0.25, 0.3) is 0 Å². The third-order valence-corrected chi connectivity index (χ3v) is 1.95. The average molecular weight is 238 g/mol. The maximum atomic E-state index is 5.64. The highest BCUT2D eigenvalue weighted by molar-refractivity contribution is 6.29. The van der Waals surface area contributed by atoms with E-state index in [9.17, 15) is 0 Å². The van der Waals surface area contributed by atoms with E-state index in [2.05, 4.69) is 15.0 Å². The van der Waals surface area contributed by atoms with Crippen molar-refractivity contribution in [3.05, 3.63) is 35.7 Å². The predicted molar refractivity (Wildman–Crippen MR) is 57.9 cm³/mol. The van der Waals surface area contributed by atoms with E-state index in [0.29, 0.717) is 16.8 Å². The Kier molecular flexibility index (Phi) is 3.16. The number of hydrogen-bond acceptors (Lipinski definition) is 5. The van der Waals surface area contributed by atoms with Crippen molar-refractivity contribution in [2.75, 3.05) is 7.11 Å². The number of pyridine rings is 1. The van der Waals surface area contributed by atoms with Crippen LogP contribution >= 0.6 is 11.6 Å². The van der Waals surface area contributed by atoms with Gasteiger partial charge in [-0.1, -0.05) is 11.6 Å². The lowest BCUT2D eigenvalue weighted by atomic mass is 10.5. The molecule has 0 radical (unpaired) electrons. The van der Waals surface area contributed by atoms with Gasteiger partial charge in [-0.3, -0.25) is 0 Å². The SMILES string of the molecule is COc1ccnc(Oc2ccc(Cl)nc2)n1. The van der Waals surface area contributed by atoms with Crippen molar-refractivity contribution in [2.24, 2.45) is 0 Å². The number of ether oxygens (including phenoxy) is 2. The Hall–Kier alpha value is -1.88. The lowest BCUT2D eigenvalue weighted by Crippen LogP contribution is -1.94. The van der Waals surface area contributed by atoms with E-state index >= 15 is 0 Å². The van der Waals surface area contributed by atoms with Gasteiger partial charge in [0.25, 0.3) is 0 Å². The summed E-state index contributed by atoms with van der Waals surface area (Å²) in [5, 5.41) is 0.402. The van der Waals surface area contributed by atoms with Crippen LogP contribution in [-0.2, 0) is 0 Å². The Morgan fingerprint density at radius 1 is 1.19 bits per heavy atom. The molecule has 0 saturated carbocycles. The van der Waals surface area contributed by atoms with E-state index in [0.717, 1.165) is 0 Å². The van der Waals surface area contributed by atoms with Crippen LogP contribution in [-0.4, -0.2) is 22.1 Å². The molecule has 0 saturated heterocycles. The van der Waals surface area contributed by atoms with E-state index in [4.69, 9.17) is 21.1 Å². The summed E-state index contributed by atoms with van der Waals surface area (Å²) in [6.45, 7) is 0. The van der Waals surface area contributed by atoms with Crippen LogP contribution in [0.2, 0.25) is 5.15 Å². The van der Waals surface area contributed by atoms with Gasteiger partial charge < -0.3 is 9.47 Å². The van der Waals surface area contributed by atoms with Gasteiger partial charge in [0, 0.05) is 12.3 Å². The smallest absolute Gasteiger partial charge is 0.325 e. The van der Waals surface area contributed by atoms with Gasteiger partial charge in [0.15, 0.2) is 0 Å². The fraction of sp³-hybridized carbons (Fsp3) is 0.100. The van der Waals surface area contributed by atoms with Crippen LogP contribution in [0.3, 0.4) is 0 Å². The van der Waals surface area contributed by atoms with Gasteiger partial charge in [-0.2, -0.15) is 4.98 Å². The summed E-state index contributed by atoms with van der Waals surface area (Å²) in [6, 6.07) is 5.13. The number of halogens is 1. The summed E-state index contributed by atoms with van der Waals surface area (Å²) in [5.41, 5.74) is 0. The van der Waals surface area contributed by atoms with Crippen molar-refractivity contribution in [1.82, 2.24) is 15.0 Å². The molecule has 2 rings (SSSR count). The monoisotopic (exact) mass is 237 g/mol. The third-order valence-electron chi connectivity index (χ3n) is 1.73. The Morgan fingerprint density at radius 2 is 2.06 bits per heavy atom. The summed E-state index contributed by atoms with van der Waals surface area (Å²) in [6.07, 6.45) is 3.04. The summed E-state index contributed by atoms with van der Waals surface area (Å²) >= 11 is 5.64. The summed E-state index contributed by atoms with van der Waals surface area (Å²) < 4.78 is 10.3. The molecule has 2 heterocycles. The van der Waals surface area contributed by atoms with Crippen molar-refractivity contribution in [1.29, 1.82) is 0 Å². The first-order valence-electron chi connectivity index (χ1n) is 4.44. The Morgan fingerprint density at radius 3 is 2.75 bits per heavy atom. The van der Waals surface area contributed by atoms with Crippen LogP contribution in [0.5, 0.6) is 17.6 Å². The van der Waals surface area contributed by atoms with Crippen LogP contribution in [0.1, 0.15) is 0 Å². The molecule has 0 amide bonds. The minimum atomic E-state index is 0.198. The van der Waals surface area contributed by atoms with Gasteiger partial charge in [0.05, 0.1) is 13.3 Å². The third kappa shape index (κ3) is 2.58. The van der Waals surface area contributed by atoms with E-state index in [-0.39, 0.29) is 6.01 Å². The van der Waals surface area contributed by atoms with Crippen molar-refractivity contribution in [3.63, 3.8) is 0 Å². The zero-order valence-electron chi connectivity index (χ0n) is 8.42. The van der Waals surface area contributed by atoms with Gasteiger partial charge in [0.2, 0.25) is 5.88 Å². The lowest BCUT2D eigenvalue weighted by molar-refractivity contribution is 0.376. The maximum Gasteiger partial charge on any atom is 0.325 e. The van der Waals surface area contributed by atoms with Gasteiger partial charge in [0.1, 0.15) is 10.9 Å². The zero-order valence-corrected chi connectivity index (χ0v) is 9.18. The molecule has 0 N–H and O–H groups in total. The van der Waals surface area contributed by atoms with Crippen LogP contribution in [0.15, 0.2) is 30.6 Å². The Balaban J connectivity index is 2.16. The molecule has 5 nitrogen and oxygen atoms in total. The van der Waals surface area contributed by atoms with Gasteiger partial charge in [-0.05, 0) is 12.1 Å². The average Bonchev–Trinajstić information content (AvgIpc) is 2.32. The van der Waals surface area contributed by atoms with E-state index in [1.807, 2.05) is 0 Å². The van der Waals surface area contributed by atoms with E-state index in [1.54, 1.807) is 24.4 Å². The zero-order chi connectivity index (χ0) is 11.4. The fourth-order valence-electron chi connectivity index (χ4n) is 1.02. The second-order valence-corrected chi connectivity index (χ2v) is 3.19. The number of nitrogens with zero attached hydrogens (tertiary/aromatic N) is 3. The predicted octanol–water partition coefficient (Wildman–Crippen LogP) is 2.33. The highest BCUT2D eigenvalue weighted by Gasteiger charge is 2.02. The second-order valence-electron chi connectivity index (χ2n) is 2.80. The molecule has 0 unspecified atom stereocenters. The van der Waals surface area contributed by atoms with Crippen molar-refractivity contribution in [3.8, 4) is 17.6 Å². The molecule has 16 heavy (non-hydrogen) atoms. The molecule has 0 bridgehead atoms. The standard InChI is InChI=1S/C10H8ClN3O2/c1-15-9-4-5-12-10(14-9)16-7-2-3-8(11)13-6-7/h2-6H,1H3. The molecule has 0 fully saturated rings. The molecule has 0 aromatic carbocycles. The summed E-state index contributed by atoms with van der Waals surface area (Å²) in [5.74, 6) is 0.949. The molecule has 2 aromatic heterocycles. The molecule has 0 spiro atoms. The highest BCUT2D eigenvalue weighted by atomic mass is 35.5. The topological polar surface area (TPSA) is 57.1 Å². The quantitative estimate of drug-likeness (QED) is 0.767. The molecule has 6 heteroatoms. The van der Waals surface area contributed by atoms with Crippen molar-refractivity contribution >= 4 is 11.6 Å². The molecule has 0 aliphatic heterocycles.